The Labute approximate surface area is 81.1 Å². The number of aromatic hydroxyl groups is 1. The molecular formula is C9H11ClFNO. The zero-order valence-corrected chi connectivity index (χ0v) is 7.81. The fraction of sp³-hybridized carbons (Fsp3) is 0.333. The molecule has 0 saturated heterocycles. The molecule has 1 aromatic carbocycles. The summed E-state index contributed by atoms with van der Waals surface area (Å²) in [6.45, 7) is 0.512. The number of phenolic OH excluding ortho intramolecular Hbond substituents is 1. The molecule has 3 N–H and O–H groups in total. The molecule has 4 heteroatoms. The van der Waals surface area contributed by atoms with Crippen molar-refractivity contribution in [3.8, 4) is 5.75 Å². The minimum atomic E-state index is -0.435. The molecule has 13 heavy (non-hydrogen) atoms. The van der Waals surface area contributed by atoms with Crippen molar-refractivity contribution < 1.29 is 9.50 Å². The van der Waals surface area contributed by atoms with E-state index in [-0.39, 0.29) is 10.8 Å². The van der Waals surface area contributed by atoms with Crippen LogP contribution in [0.3, 0.4) is 0 Å². The third-order valence-corrected chi connectivity index (χ3v) is 2.07. The SMILES string of the molecule is NCCCc1cc(Cl)c(O)cc1F. The first-order chi connectivity index (χ1) is 6.15. The maximum Gasteiger partial charge on any atom is 0.137 e. The van der Waals surface area contributed by atoms with Crippen molar-refractivity contribution in [2.75, 3.05) is 6.54 Å². The lowest BCUT2D eigenvalue weighted by molar-refractivity contribution is 0.468. The lowest BCUT2D eigenvalue weighted by Crippen LogP contribution is -2.01. The van der Waals surface area contributed by atoms with Crippen molar-refractivity contribution in [1.82, 2.24) is 0 Å². The average Bonchev–Trinajstić information content (AvgIpc) is 2.09. The fourth-order valence-electron chi connectivity index (χ4n) is 1.06. The number of rotatable bonds is 3. The van der Waals surface area contributed by atoms with Crippen molar-refractivity contribution in [2.24, 2.45) is 5.73 Å². The minimum Gasteiger partial charge on any atom is -0.506 e. The highest BCUT2D eigenvalue weighted by Gasteiger charge is 2.06. The molecule has 0 heterocycles. The summed E-state index contributed by atoms with van der Waals surface area (Å²) in [7, 11) is 0. The molecule has 0 fully saturated rings. The van der Waals surface area contributed by atoms with Crippen molar-refractivity contribution in [2.45, 2.75) is 12.8 Å². The van der Waals surface area contributed by atoms with Crippen LogP contribution >= 0.6 is 11.6 Å². The second-order valence-electron chi connectivity index (χ2n) is 2.79. The van der Waals surface area contributed by atoms with Gasteiger partial charge in [0.1, 0.15) is 11.6 Å². The molecule has 2 nitrogen and oxygen atoms in total. The van der Waals surface area contributed by atoms with Gasteiger partial charge in [0, 0.05) is 6.07 Å². The van der Waals surface area contributed by atoms with E-state index < -0.39 is 5.82 Å². The Bertz CT molecular complexity index is 304. The molecule has 0 amide bonds. The summed E-state index contributed by atoms with van der Waals surface area (Å²) in [5.41, 5.74) is 5.78. The van der Waals surface area contributed by atoms with Gasteiger partial charge < -0.3 is 10.8 Å². The monoisotopic (exact) mass is 203 g/mol. The summed E-state index contributed by atoms with van der Waals surface area (Å²) >= 11 is 5.62. The molecule has 0 atom stereocenters. The summed E-state index contributed by atoms with van der Waals surface area (Å²) < 4.78 is 13.1. The lowest BCUT2D eigenvalue weighted by atomic mass is 10.1. The van der Waals surface area contributed by atoms with Gasteiger partial charge in [-0.05, 0) is 31.0 Å². The maximum atomic E-state index is 13.1. The van der Waals surface area contributed by atoms with Crippen LogP contribution in [0.15, 0.2) is 12.1 Å². The van der Waals surface area contributed by atoms with E-state index in [0.717, 1.165) is 6.07 Å². The summed E-state index contributed by atoms with van der Waals surface area (Å²) in [4.78, 5) is 0. The van der Waals surface area contributed by atoms with E-state index in [0.29, 0.717) is 24.9 Å². The third-order valence-electron chi connectivity index (χ3n) is 1.77. The predicted octanol–water partition coefficient (Wildman–Crippen LogP) is 2.08. The molecule has 1 rings (SSSR count). The standard InChI is InChI=1S/C9H11ClFNO/c10-7-4-6(2-1-3-12)8(11)5-9(7)13/h4-5,13H,1-3,12H2. The van der Waals surface area contributed by atoms with Crippen molar-refractivity contribution >= 4 is 11.6 Å². The number of hydrogen-bond acceptors (Lipinski definition) is 2. The van der Waals surface area contributed by atoms with Crippen molar-refractivity contribution in [1.29, 1.82) is 0 Å². The molecule has 0 aliphatic rings. The van der Waals surface area contributed by atoms with Crippen LogP contribution in [0.2, 0.25) is 5.02 Å². The van der Waals surface area contributed by atoms with Crippen LogP contribution in [0.4, 0.5) is 4.39 Å². The summed E-state index contributed by atoms with van der Waals surface area (Å²) in [6.07, 6.45) is 1.25. The zero-order chi connectivity index (χ0) is 9.84. The zero-order valence-electron chi connectivity index (χ0n) is 7.06. The first-order valence-corrected chi connectivity index (χ1v) is 4.40. The molecule has 0 aliphatic heterocycles. The van der Waals surface area contributed by atoms with Crippen LogP contribution < -0.4 is 5.73 Å². The van der Waals surface area contributed by atoms with Gasteiger partial charge in [-0.3, -0.25) is 0 Å². The van der Waals surface area contributed by atoms with E-state index in [4.69, 9.17) is 22.4 Å². The topological polar surface area (TPSA) is 46.2 Å². The van der Waals surface area contributed by atoms with Crippen LogP contribution in [-0.4, -0.2) is 11.7 Å². The van der Waals surface area contributed by atoms with E-state index in [2.05, 4.69) is 0 Å². The second-order valence-corrected chi connectivity index (χ2v) is 3.19. The highest BCUT2D eigenvalue weighted by atomic mass is 35.5. The molecular weight excluding hydrogens is 193 g/mol. The Kier molecular flexibility index (Phi) is 3.51. The predicted molar refractivity (Wildman–Crippen MR) is 50.5 cm³/mol. The lowest BCUT2D eigenvalue weighted by Gasteiger charge is -2.04. The van der Waals surface area contributed by atoms with Gasteiger partial charge in [-0.2, -0.15) is 0 Å². The molecule has 0 saturated carbocycles. The van der Waals surface area contributed by atoms with Gasteiger partial charge in [-0.15, -0.1) is 0 Å². The fourth-order valence-corrected chi connectivity index (χ4v) is 1.25. The Morgan fingerprint density at radius 3 is 2.77 bits per heavy atom. The Morgan fingerprint density at radius 2 is 2.15 bits per heavy atom. The maximum absolute atomic E-state index is 13.1. The Balaban J connectivity index is 2.88. The summed E-state index contributed by atoms with van der Waals surface area (Å²) in [5, 5.41) is 9.23. The molecule has 0 unspecified atom stereocenters. The van der Waals surface area contributed by atoms with Gasteiger partial charge in [0.2, 0.25) is 0 Å². The molecule has 0 radical (unpaired) electrons. The van der Waals surface area contributed by atoms with Crippen LogP contribution in [0.5, 0.6) is 5.75 Å². The first-order valence-electron chi connectivity index (χ1n) is 4.02. The van der Waals surface area contributed by atoms with E-state index in [9.17, 15) is 4.39 Å². The summed E-state index contributed by atoms with van der Waals surface area (Å²) in [6, 6.07) is 2.45. The van der Waals surface area contributed by atoms with Crippen LogP contribution in [0, 0.1) is 5.82 Å². The van der Waals surface area contributed by atoms with Gasteiger partial charge in [0.05, 0.1) is 5.02 Å². The van der Waals surface area contributed by atoms with Crippen molar-refractivity contribution in [3.63, 3.8) is 0 Å². The molecule has 72 valence electrons. The minimum absolute atomic E-state index is 0.174. The molecule has 0 bridgehead atoms. The normalized spacial score (nSPS) is 10.4. The van der Waals surface area contributed by atoms with Gasteiger partial charge in [-0.25, -0.2) is 4.39 Å². The van der Waals surface area contributed by atoms with Crippen molar-refractivity contribution in [3.05, 3.63) is 28.5 Å². The highest BCUT2D eigenvalue weighted by molar-refractivity contribution is 6.32. The van der Waals surface area contributed by atoms with Crippen LogP contribution in [0.1, 0.15) is 12.0 Å². The third kappa shape index (κ3) is 2.57. The number of halogens is 2. The molecule has 0 spiro atoms. The second kappa shape index (κ2) is 4.44. The smallest absolute Gasteiger partial charge is 0.137 e. The Hall–Kier alpha value is -0.800. The Morgan fingerprint density at radius 1 is 1.46 bits per heavy atom. The van der Waals surface area contributed by atoms with Gasteiger partial charge in [0.25, 0.3) is 0 Å². The average molecular weight is 204 g/mol. The van der Waals surface area contributed by atoms with Gasteiger partial charge >= 0.3 is 0 Å². The van der Waals surface area contributed by atoms with E-state index in [1.807, 2.05) is 0 Å². The van der Waals surface area contributed by atoms with Gasteiger partial charge in [-0.1, -0.05) is 11.6 Å². The van der Waals surface area contributed by atoms with E-state index >= 15 is 0 Å². The number of nitrogens with two attached hydrogens (primary N) is 1. The number of aryl methyl sites for hydroxylation is 1. The van der Waals surface area contributed by atoms with Crippen LogP contribution in [-0.2, 0) is 6.42 Å². The molecule has 1 aromatic rings. The largest absolute Gasteiger partial charge is 0.506 e. The number of hydrogen-bond donors (Lipinski definition) is 2. The molecule has 0 aromatic heterocycles. The van der Waals surface area contributed by atoms with Gasteiger partial charge in [0.15, 0.2) is 0 Å². The van der Waals surface area contributed by atoms with E-state index in [1.165, 1.54) is 6.07 Å². The summed E-state index contributed by atoms with van der Waals surface area (Å²) in [5.74, 6) is -0.661. The van der Waals surface area contributed by atoms with E-state index in [1.54, 1.807) is 0 Å². The number of benzene rings is 1. The highest BCUT2D eigenvalue weighted by Crippen LogP contribution is 2.26. The molecule has 0 aliphatic carbocycles. The van der Waals surface area contributed by atoms with Crippen LogP contribution in [0.25, 0.3) is 0 Å². The number of phenols is 1. The quantitative estimate of drug-likeness (QED) is 0.790. The first kappa shape index (κ1) is 10.3.